The lowest BCUT2D eigenvalue weighted by Crippen LogP contribution is -2.59. The quantitative estimate of drug-likeness (QED) is 0.593. The van der Waals surface area contributed by atoms with E-state index in [0.29, 0.717) is 22.3 Å². The van der Waals surface area contributed by atoms with Crippen molar-refractivity contribution in [2.75, 3.05) is 0 Å². The SMILES string of the molecule is O=C(NC12CC3CC(CC(C3)C1)C2)c1ccc(COc2ccc(Br)cc2Cl)o1. The molecule has 4 saturated carbocycles. The van der Waals surface area contributed by atoms with E-state index in [1.807, 2.05) is 6.07 Å². The Hall–Kier alpha value is -1.46. The second-order valence-corrected chi connectivity index (χ2v) is 10.1. The highest BCUT2D eigenvalue weighted by atomic mass is 79.9. The Balaban J connectivity index is 1.23. The first kappa shape index (κ1) is 18.6. The second-order valence-electron chi connectivity index (χ2n) is 8.78. The van der Waals surface area contributed by atoms with E-state index in [4.69, 9.17) is 20.8 Å². The fourth-order valence-electron chi connectivity index (χ4n) is 5.88. The van der Waals surface area contributed by atoms with Crippen molar-refractivity contribution >= 4 is 33.4 Å². The maximum absolute atomic E-state index is 12.8. The molecule has 4 fully saturated rings. The molecule has 148 valence electrons. The van der Waals surface area contributed by atoms with Gasteiger partial charge in [0.05, 0.1) is 5.02 Å². The van der Waals surface area contributed by atoms with Crippen LogP contribution in [0.15, 0.2) is 39.2 Å². The van der Waals surface area contributed by atoms with Crippen LogP contribution in [-0.4, -0.2) is 11.4 Å². The Morgan fingerprint density at radius 2 is 1.82 bits per heavy atom. The predicted octanol–water partition coefficient (Wildman–Crippen LogP) is 5.97. The average Bonchev–Trinajstić information content (AvgIpc) is 3.08. The van der Waals surface area contributed by atoms with Crippen molar-refractivity contribution in [2.45, 2.75) is 50.7 Å². The van der Waals surface area contributed by atoms with E-state index in [-0.39, 0.29) is 18.1 Å². The molecule has 1 heterocycles. The number of nitrogens with one attached hydrogen (secondary N) is 1. The van der Waals surface area contributed by atoms with Gasteiger partial charge in [-0.25, -0.2) is 0 Å². The Kier molecular flexibility index (Phi) is 4.71. The first-order chi connectivity index (χ1) is 13.5. The van der Waals surface area contributed by atoms with Crippen LogP contribution in [0.4, 0.5) is 0 Å². The number of amides is 1. The molecule has 0 spiro atoms. The molecule has 4 nitrogen and oxygen atoms in total. The van der Waals surface area contributed by atoms with Gasteiger partial charge in [-0.1, -0.05) is 27.5 Å². The molecule has 4 aliphatic carbocycles. The van der Waals surface area contributed by atoms with Gasteiger partial charge in [0, 0.05) is 10.0 Å². The van der Waals surface area contributed by atoms with Crippen LogP contribution in [0.3, 0.4) is 0 Å². The van der Waals surface area contributed by atoms with Gasteiger partial charge in [0.25, 0.3) is 5.91 Å². The van der Waals surface area contributed by atoms with Gasteiger partial charge >= 0.3 is 0 Å². The van der Waals surface area contributed by atoms with Crippen molar-refractivity contribution in [3.63, 3.8) is 0 Å². The number of carbonyl (C=O) groups excluding carboxylic acids is 1. The number of ether oxygens (including phenoxy) is 1. The molecule has 4 bridgehead atoms. The lowest BCUT2D eigenvalue weighted by molar-refractivity contribution is -0.0171. The van der Waals surface area contributed by atoms with Crippen molar-refractivity contribution in [3.8, 4) is 5.75 Å². The van der Waals surface area contributed by atoms with Crippen LogP contribution >= 0.6 is 27.5 Å². The summed E-state index contributed by atoms with van der Waals surface area (Å²) in [4.78, 5) is 12.8. The molecule has 1 aromatic carbocycles. The third-order valence-corrected chi connectivity index (χ3v) is 7.35. The number of hydrogen-bond acceptors (Lipinski definition) is 3. The molecule has 6 heteroatoms. The van der Waals surface area contributed by atoms with Gasteiger partial charge in [-0.05, 0) is 86.6 Å². The average molecular weight is 465 g/mol. The van der Waals surface area contributed by atoms with Crippen molar-refractivity contribution in [1.82, 2.24) is 5.32 Å². The molecular weight excluding hydrogens is 442 g/mol. The van der Waals surface area contributed by atoms with Crippen LogP contribution in [0.5, 0.6) is 5.75 Å². The van der Waals surface area contributed by atoms with Gasteiger partial charge < -0.3 is 14.5 Å². The molecule has 1 amide bonds. The highest BCUT2D eigenvalue weighted by molar-refractivity contribution is 9.10. The van der Waals surface area contributed by atoms with Crippen molar-refractivity contribution < 1.29 is 13.9 Å². The zero-order valence-electron chi connectivity index (χ0n) is 15.5. The molecule has 0 atom stereocenters. The Morgan fingerprint density at radius 3 is 2.46 bits per heavy atom. The minimum Gasteiger partial charge on any atom is -0.484 e. The lowest BCUT2D eigenvalue weighted by Gasteiger charge is -2.56. The van der Waals surface area contributed by atoms with Crippen LogP contribution < -0.4 is 10.1 Å². The minimum atomic E-state index is -0.102. The number of benzene rings is 1. The first-order valence-electron chi connectivity index (χ1n) is 9.97. The van der Waals surface area contributed by atoms with Crippen molar-refractivity contribution in [3.05, 3.63) is 51.3 Å². The molecule has 2 aromatic rings. The standard InChI is InChI=1S/C22H23BrClNO3/c23-16-1-3-19(18(24)8-16)27-12-17-2-4-20(28-17)21(26)25-22-9-13-5-14(10-22)7-15(6-13)11-22/h1-4,8,13-15H,5-7,9-12H2,(H,25,26). The summed E-state index contributed by atoms with van der Waals surface area (Å²) in [5, 5.41) is 3.87. The summed E-state index contributed by atoms with van der Waals surface area (Å²) in [6.45, 7) is 0.228. The molecule has 0 unspecified atom stereocenters. The van der Waals surface area contributed by atoms with E-state index in [1.165, 1.54) is 19.3 Å². The van der Waals surface area contributed by atoms with Crippen molar-refractivity contribution in [2.24, 2.45) is 17.8 Å². The van der Waals surface area contributed by atoms with E-state index in [2.05, 4.69) is 21.2 Å². The lowest BCUT2D eigenvalue weighted by atomic mass is 9.53. The normalized spacial score (nSPS) is 30.4. The number of halogens is 2. The second kappa shape index (κ2) is 7.10. The summed E-state index contributed by atoms with van der Waals surface area (Å²) in [5.74, 6) is 3.83. The zero-order chi connectivity index (χ0) is 19.3. The highest BCUT2D eigenvalue weighted by Crippen LogP contribution is 2.55. The van der Waals surface area contributed by atoms with Crippen molar-refractivity contribution in [1.29, 1.82) is 0 Å². The predicted molar refractivity (Wildman–Crippen MR) is 111 cm³/mol. The van der Waals surface area contributed by atoms with E-state index >= 15 is 0 Å². The summed E-state index contributed by atoms with van der Waals surface area (Å²) in [5.41, 5.74) is -0.0137. The van der Waals surface area contributed by atoms with Crippen LogP contribution in [0.1, 0.15) is 54.8 Å². The fraction of sp³-hybridized carbons (Fsp3) is 0.500. The fourth-order valence-corrected chi connectivity index (χ4v) is 6.61. The molecule has 28 heavy (non-hydrogen) atoms. The number of furan rings is 1. The molecule has 1 N–H and O–H groups in total. The van der Waals surface area contributed by atoms with E-state index in [9.17, 15) is 4.79 Å². The van der Waals surface area contributed by atoms with Gasteiger partial charge in [-0.3, -0.25) is 4.79 Å². The van der Waals surface area contributed by atoms with Crippen LogP contribution in [-0.2, 0) is 6.61 Å². The molecule has 0 saturated heterocycles. The van der Waals surface area contributed by atoms with Crippen LogP contribution in [0, 0.1) is 17.8 Å². The van der Waals surface area contributed by atoms with E-state index < -0.39 is 0 Å². The van der Waals surface area contributed by atoms with Crippen LogP contribution in [0.25, 0.3) is 0 Å². The van der Waals surface area contributed by atoms with E-state index in [1.54, 1.807) is 24.3 Å². The van der Waals surface area contributed by atoms with Gasteiger partial charge in [-0.2, -0.15) is 0 Å². The maximum atomic E-state index is 12.8. The summed E-state index contributed by atoms with van der Waals surface area (Å²) < 4.78 is 12.4. The summed E-state index contributed by atoms with van der Waals surface area (Å²) in [6.07, 6.45) is 7.46. The van der Waals surface area contributed by atoms with Gasteiger partial charge in [0.2, 0.25) is 0 Å². The van der Waals surface area contributed by atoms with Gasteiger partial charge in [-0.15, -0.1) is 0 Å². The third-order valence-electron chi connectivity index (χ3n) is 6.57. The summed E-state index contributed by atoms with van der Waals surface area (Å²) in [7, 11) is 0. The first-order valence-corrected chi connectivity index (χ1v) is 11.1. The topological polar surface area (TPSA) is 51.5 Å². The number of rotatable bonds is 5. The Bertz CT molecular complexity index is 874. The minimum absolute atomic E-state index is 0.0137. The Morgan fingerprint density at radius 1 is 1.14 bits per heavy atom. The third kappa shape index (κ3) is 3.59. The largest absolute Gasteiger partial charge is 0.484 e. The molecular formula is C22H23BrClNO3. The zero-order valence-corrected chi connectivity index (χ0v) is 17.9. The molecule has 6 rings (SSSR count). The summed E-state index contributed by atoms with van der Waals surface area (Å²) in [6, 6.07) is 8.98. The molecule has 0 radical (unpaired) electrons. The van der Waals surface area contributed by atoms with Gasteiger partial charge in [0.1, 0.15) is 18.1 Å². The smallest absolute Gasteiger partial charge is 0.287 e. The Labute approximate surface area is 178 Å². The number of hydrogen-bond donors (Lipinski definition) is 1. The van der Waals surface area contributed by atoms with Gasteiger partial charge in [0.15, 0.2) is 5.76 Å². The molecule has 0 aliphatic heterocycles. The van der Waals surface area contributed by atoms with Crippen LogP contribution in [0.2, 0.25) is 5.02 Å². The highest BCUT2D eigenvalue weighted by Gasteiger charge is 2.51. The monoisotopic (exact) mass is 463 g/mol. The maximum Gasteiger partial charge on any atom is 0.287 e. The molecule has 1 aromatic heterocycles. The molecule has 4 aliphatic rings. The summed E-state index contributed by atoms with van der Waals surface area (Å²) >= 11 is 9.55. The van der Waals surface area contributed by atoms with E-state index in [0.717, 1.165) is 41.5 Å². The number of carbonyl (C=O) groups is 1.